The summed E-state index contributed by atoms with van der Waals surface area (Å²) in [5.74, 6) is 0.805. The molecule has 0 amide bonds. The molecular weight excluding hydrogens is 176 g/mol. The highest BCUT2D eigenvalue weighted by Crippen LogP contribution is 2.28. The Morgan fingerprint density at radius 3 is 2.79 bits per heavy atom. The Hall–Kier alpha value is -1.77. The number of ether oxygens (including phenoxy) is 1. The van der Waals surface area contributed by atoms with Gasteiger partial charge in [-0.15, -0.1) is 0 Å². The summed E-state index contributed by atoms with van der Waals surface area (Å²) in [6.07, 6.45) is 3.56. The molecule has 0 atom stereocenters. The highest BCUT2D eigenvalue weighted by Gasteiger charge is 2.03. The molecule has 0 fully saturated rings. The van der Waals surface area contributed by atoms with E-state index in [9.17, 15) is 0 Å². The number of methoxy groups -OCH3 is 1. The molecule has 0 bridgehead atoms. The third-order valence-corrected chi connectivity index (χ3v) is 2.26. The maximum atomic E-state index is 5.24. The molecule has 0 aliphatic carbocycles. The lowest BCUT2D eigenvalue weighted by atomic mass is 10.1. The van der Waals surface area contributed by atoms with Crippen LogP contribution in [-0.4, -0.2) is 19.1 Å². The van der Waals surface area contributed by atoms with Crippen molar-refractivity contribution >= 4 is 16.5 Å². The van der Waals surface area contributed by atoms with E-state index in [1.165, 1.54) is 0 Å². The summed E-state index contributed by atoms with van der Waals surface area (Å²) in [7, 11) is 3.55. The van der Waals surface area contributed by atoms with Gasteiger partial charge in [-0.25, -0.2) is 0 Å². The average molecular weight is 188 g/mol. The topological polar surface area (TPSA) is 34.1 Å². The van der Waals surface area contributed by atoms with E-state index < -0.39 is 0 Å². The first-order chi connectivity index (χ1) is 6.86. The van der Waals surface area contributed by atoms with Crippen molar-refractivity contribution in [3.05, 3.63) is 30.6 Å². The standard InChI is InChI=1S/C11H12N2O/c1-12-10-5-3-4-8-9(10)6-13-7-11(8)14-2/h3-7,12H,1-2H3. The SMILES string of the molecule is CNc1cccc2c(OC)cncc12. The molecule has 1 aromatic heterocycles. The minimum Gasteiger partial charge on any atom is -0.494 e. The fourth-order valence-corrected chi connectivity index (χ4v) is 1.55. The largest absolute Gasteiger partial charge is 0.494 e. The molecule has 0 spiro atoms. The second kappa shape index (κ2) is 3.54. The van der Waals surface area contributed by atoms with E-state index in [0.717, 1.165) is 22.2 Å². The Balaban J connectivity index is 2.77. The van der Waals surface area contributed by atoms with E-state index in [2.05, 4.69) is 10.3 Å². The highest BCUT2D eigenvalue weighted by molar-refractivity contribution is 5.96. The van der Waals surface area contributed by atoms with E-state index >= 15 is 0 Å². The monoisotopic (exact) mass is 188 g/mol. The molecule has 3 nitrogen and oxygen atoms in total. The summed E-state index contributed by atoms with van der Waals surface area (Å²) in [4.78, 5) is 4.13. The van der Waals surface area contributed by atoms with Crippen LogP contribution < -0.4 is 10.1 Å². The Morgan fingerprint density at radius 1 is 1.21 bits per heavy atom. The van der Waals surface area contributed by atoms with Gasteiger partial charge in [-0.3, -0.25) is 4.98 Å². The molecule has 14 heavy (non-hydrogen) atoms. The molecule has 3 heteroatoms. The van der Waals surface area contributed by atoms with Crippen molar-refractivity contribution < 1.29 is 4.74 Å². The first-order valence-electron chi connectivity index (χ1n) is 4.45. The lowest BCUT2D eigenvalue weighted by Crippen LogP contribution is -1.92. The van der Waals surface area contributed by atoms with Crippen molar-refractivity contribution in [3.63, 3.8) is 0 Å². The Bertz CT molecular complexity index is 411. The zero-order valence-electron chi connectivity index (χ0n) is 8.24. The van der Waals surface area contributed by atoms with Gasteiger partial charge in [0.05, 0.1) is 13.3 Å². The molecule has 1 aromatic carbocycles. The van der Waals surface area contributed by atoms with Gasteiger partial charge < -0.3 is 10.1 Å². The smallest absolute Gasteiger partial charge is 0.145 e. The van der Waals surface area contributed by atoms with Crippen molar-refractivity contribution in [2.24, 2.45) is 0 Å². The second-order valence-corrected chi connectivity index (χ2v) is 2.99. The Morgan fingerprint density at radius 2 is 2.07 bits per heavy atom. The first kappa shape index (κ1) is 8.81. The van der Waals surface area contributed by atoms with Crippen LogP contribution in [-0.2, 0) is 0 Å². The lowest BCUT2D eigenvalue weighted by molar-refractivity contribution is 0.418. The maximum absolute atomic E-state index is 5.24. The summed E-state index contributed by atoms with van der Waals surface area (Å²) >= 11 is 0. The molecule has 0 saturated carbocycles. The summed E-state index contributed by atoms with van der Waals surface area (Å²) in [5.41, 5.74) is 1.06. The zero-order chi connectivity index (χ0) is 9.97. The quantitative estimate of drug-likeness (QED) is 0.785. The second-order valence-electron chi connectivity index (χ2n) is 2.99. The van der Waals surface area contributed by atoms with E-state index in [0.29, 0.717) is 0 Å². The van der Waals surface area contributed by atoms with Crippen LogP contribution in [0, 0.1) is 0 Å². The van der Waals surface area contributed by atoms with Crippen LogP contribution in [0.2, 0.25) is 0 Å². The molecule has 1 N–H and O–H groups in total. The normalized spacial score (nSPS) is 10.1. The summed E-state index contributed by atoms with van der Waals surface area (Å²) < 4.78 is 5.24. The minimum absolute atomic E-state index is 0.805. The van der Waals surface area contributed by atoms with Crippen molar-refractivity contribution in [1.82, 2.24) is 4.98 Å². The van der Waals surface area contributed by atoms with Crippen molar-refractivity contribution in [2.75, 3.05) is 19.5 Å². The van der Waals surface area contributed by atoms with Gasteiger partial charge in [0.25, 0.3) is 0 Å². The zero-order valence-corrected chi connectivity index (χ0v) is 8.24. The molecule has 0 saturated heterocycles. The third-order valence-electron chi connectivity index (χ3n) is 2.26. The molecular formula is C11H12N2O. The number of fused-ring (bicyclic) bond motifs is 1. The Kier molecular flexibility index (Phi) is 2.23. The Labute approximate surface area is 82.7 Å². The first-order valence-corrected chi connectivity index (χ1v) is 4.45. The van der Waals surface area contributed by atoms with Crippen molar-refractivity contribution in [3.8, 4) is 5.75 Å². The lowest BCUT2D eigenvalue weighted by Gasteiger charge is -2.08. The molecule has 1 heterocycles. The number of nitrogens with one attached hydrogen (secondary N) is 1. The molecule has 0 aliphatic rings. The van der Waals surface area contributed by atoms with Crippen LogP contribution in [0.15, 0.2) is 30.6 Å². The minimum atomic E-state index is 0.805. The van der Waals surface area contributed by atoms with Gasteiger partial charge >= 0.3 is 0 Å². The van der Waals surface area contributed by atoms with E-state index in [-0.39, 0.29) is 0 Å². The van der Waals surface area contributed by atoms with Gasteiger partial charge in [-0.05, 0) is 6.07 Å². The highest BCUT2D eigenvalue weighted by atomic mass is 16.5. The number of hydrogen-bond acceptors (Lipinski definition) is 3. The summed E-state index contributed by atoms with van der Waals surface area (Å²) in [6, 6.07) is 6.04. The van der Waals surface area contributed by atoms with Gasteiger partial charge in [0.2, 0.25) is 0 Å². The number of aromatic nitrogens is 1. The molecule has 0 radical (unpaired) electrons. The van der Waals surface area contributed by atoms with Crippen LogP contribution in [0.5, 0.6) is 5.75 Å². The predicted octanol–water partition coefficient (Wildman–Crippen LogP) is 2.29. The van der Waals surface area contributed by atoms with Crippen LogP contribution in [0.25, 0.3) is 10.8 Å². The van der Waals surface area contributed by atoms with E-state index in [4.69, 9.17) is 4.74 Å². The number of rotatable bonds is 2. The number of nitrogens with zero attached hydrogens (tertiary/aromatic N) is 1. The summed E-state index contributed by atoms with van der Waals surface area (Å²) in [5, 5.41) is 5.28. The van der Waals surface area contributed by atoms with Gasteiger partial charge in [0.15, 0.2) is 0 Å². The van der Waals surface area contributed by atoms with Crippen LogP contribution >= 0.6 is 0 Å². The van der Waals surface area contributed by atoms with Crippen LogP contribution in [0.3, 0.4) is 0 Å². The third kappa shape index (κ3) is 1.27. The van der Waals surface area contributed by atoms with Gasteiger partial charge in [-0.2, -0.15) is 0 Å². The van der Waals surface area contributed by atoms with E-state index in [1.54, 1.807) is 13.3 Å². The van der Waals surface area contributed by atoms with Crippen LogP contribution in [0.1, 0.15) is 0 Å². The van der Waals surface area contributed by atoms with Crippen molar-refractivity contribution in [2.45, 2.75) is 0 Å². The molecule has 0 aliphatic heterocycles. The van der Waals surface area contributed by atoms with E-state index in [1.807, 2.05) is 31.4 Å². The molecule has 0 unspecified atom stereocenters. The fourth-order valence-electron chi connectivity index (χ4n) is 1.55. The van der Waals surface area contributed by atoms with Gasteiger partial charge in [-0.1, -0.05) is 12.1 Å². The number of benzene rings is 1. The van der Waals surface area contributed by atoms with Gasteiger partial charge in [0, 0.05) is 29.7 Å². The van der Waals surface area contributed by atoms with Gasteiger partial charge in [0.1, 0.15) is 5.75 Å². The van der Waals surface area contributed by atoms with Crippen LogP contribution in [0.4, 0.5) is 5.69 Å². The summed E-state index contributed by atoms with van der Waals surface area (Å²) in [6.45, 7) is 0. The molecule has 72 valence electrons. The predicted molar refractivity (Wildman–Crippen MR) is 57.8 cm³/mol. The maximum Gasteiger partial charge on any atom is 0.145 e. The number of pyridine rings is 1. The molecule has 2 aromatic rings. The number of hydrogen-bond donors (Lipinski definition) is 1. The van der Waals surface area contributed by atoms with Crippen molar-refractivity contribution in [1.29, 1.82) is 0 Å². The fraction of sp³-hybridized carbons (Fsp3) is 0.182. The average Bonchev–Trinajstić information content (AvgIpc) is 2.27. The number of anilines is 1. The molecule has 2 rings (SSSR count).